The highest BCUT2D eigenvalue weighted by Gasteiger charge is 2.17. The van der Waals surface area contributed by atoms with Crippen LogP contribution in [0, 0.1) is 0 Å². The van der Waals surface area contributed by atoms with E-state index in [1.807, 2.05) is 30.3 Å². The Morgan fingerprint density at radius 2 is 2.35 bits per heavy atom. The van der Waals surface area contributed by atoms with Crippen molar-refractivity contribution >= 4 is 22.6 Å². The normalized spacial score (nSPS) is 17.7. The van der Waals surface area contributed by atoms with Gasteiger partial charge in [0.05, 0.1) is 17.3 Å². The Bertz CT molecular complexity index is 816. The molecule has 1 aliphatic rings. The molecule has 0 saturated carbocycles. The number of hydrogen-bond donors (Lipinski definition) is 3. The molecule has 6 nitrogen and oxygen atoms in total. The number of hydrogen-bond acceptors (Lipinski definition) is 4. The van der Waals surface area contributed by atoms with Gasteiger partial charge in [0.15, 0.2) is 11.6 Å². The summed E-state index contributed by atoms with van der Waals surface area (Å²) in [6.07, 6.45) is 4.34. The highest BCUT2D eigenvalue weighted by Crippen LogP contribution is 2.23. The molecule has 1 fully saturated rings. The number of benzene rings is 1. The third kappa shape index (κ3) is 2.98. The summed E-state index contributed by atoms with van der Waals surface area (Å²) in [5.41, 5.74) is 2.48. The first-order valence-electron chi connectivity index (χ1n) is 7.85. The van der Waals surface area contributed by atoms with Crippen molar-refractivity contribution in [3.8, 4) is 11.6 Å². The summed E-state index contributed by atoms with van der Waals surface area (Å²) in [4.78, 5) is 19.8. The average Bonchev–Trinajstić information content (AvgIpc) is 3.27. The molecule has 1 atom stereocenters. The number of nitrogens with zero attached hydrogens (tertiary/aromatic N) is 1. The van der Waals surface area contributed by atoms with Crippen LogP contribution >= 0.6 is 0 Å². The third-order valence-corrected chi connectivity index (χ3v) is 4.11. The van der Waals surface area contributed by atoms with E-state index in [4.69, 9.17) is 4.42 Å². The number of imidazole rings is 1. The zero-order chi connectivity index (χ0) is 15.6. The van der Waals surface area contributed by atoms with Gasteiger partial charge in [-0.1, -0.05) is 0 Å². The van der Waals surface area contributed by atoms with Crippen molar-refractivity contribution in [3.63, 3.8) is 0 Å². The second-order valence-corrected chi connectivity index (χ2v) is 5.84. The molecule has 3 N–H and O–H groups in total. The van der Waals surface area contributed by atoms with Crippen LogP contribution in [0.15, 0.2) is 41.0 Å². The Kier molecular flexibility index (Phi) is 3.59. The lowest BCUT2D eigenvalue weighted by molar-refractivity contribution is -0.116. The van der Waals surface area contributed by atoms with Crippen LogP contribution in [0.2, 0.25) is 0 Å². The van der Waals surface area contributed by atoms with Crippen LogP contribution in [0.4, 0.5) is 5.69 Å². The molecule has 3 heterocycles. The van der Waals surface area contributed by atoms with E-state index in [-0.39, 0.29) is 5.91 Å². The van der Waals surface area contributed by atoms with Gasteiger partial charge in [0.2, 0.25) is 5.91 Å². The van der Waals surface area contributed by atoms with Crippen molar-refractivity contribution in [3.05, 3.63) is 36.6 Å². The molecule has 4 rings (SSSR count). The minimum Gasteiger partial charge on any atom is -0.461 e. The predicted octanol–water partition coefficient (Wildman–Crippen LogP) is 2.90. The Labute approximate surface area is 133 Å². The van der Waals surface area contributed by atoms with Crippen LogP contribution < -0.4 is 10.6 Å². The van der Waals surface area contributed by atoms with Gasteiger partial charge in [-0.05, 0) is 49.7 Å². The Hall–Kier alpha value is -2.60. The van der Waals surface area contributed by atoms with E-state index in [1.165, 1.54) is 0 Å². The molecular weight excluding hydrogens is 292 g/mol. The summed E-state index contributed by atoms with van der Waals surface area (Å²) in [5, 5.41) is 6.29. The number of rotatable bonds is 4. The van der Waals surface area contributed by atoms with Gasteiger partial charge in [0, 0.05) is 18.2 Å². The van der Waals surface area contributed by atoms with Gasteiger partial charge in [0.25, 0.3) is 0 Å². The van der Waals surface area contributed by atoms with Crippen molar-refractivity contribution in [2.45, 2.75) is 25.3 Å². The molecule has 1 amide bonds. The van der Waals surface area contributed by atoms with Crippen molar-refractivity contribution < 1.29 is 9.21 Å². The lowest BCUT2D eigenvalue weighted by Gasteiger charge is -2.10. The number of aromatic amines is 1. The maximum atomic E-state index is 12.1. The molecule has 1 aliphatic heterocycles. The first-order valence-corrected chi connectivity index (χ1v) is 7.85. The molecule has 1 saturated heterocycles. The van der Waals surface area contributed by atoms with Crippen molar-refractivity contribution in [2.24, 2.45) is 0 Å². The first kappa shape index (κ1) is 14.0. The number of aromatic nitrogens is 2. The highest BCUT2D eigenvalue weighted by molar-refractivity contribution is 5.93. The van der Waals surface area contributed by atoms with Crippen LogP contribution in [0.3, 0.4) is 0 Å². The summed E-state index contributed by atoms with van der Waals surface area (Å²) in [5.74, 6) is 1.41. The minimum atomic E-state index is 0.0366. The Balaban J connectivity index is 1.50. The molecule has 0 radical (unpaired) electrons. The quantitative estimate of drug-likeness (QED) is 0.692. The maximum absolute atomic E-state index is 12.1. The molecule has 0 aliphatic carbocycles. The first-order chi connectivity index (χ1) is 11.3. The van der Waals surface area contributed by atoms with Crippen molar-refractivity contribution in [1.82, 2.24) is 15.3 Å². The van der Waals surface area contributed by atoms with Crippen LogP contribution in [-0.2, 0) is 4.79 Å². The van der Waals surface area contributed by atoms with E-state index in [0.29, 0.717) is 24.0 Å². The number of carbonyl (C=O) groups excluding carboxylic acids is 1. The Morgan fingerprint density at radius 1 is 1.39 bits per heavy atom. The van der Waals surface area contributed by atoms with Gasteiger partial charge in [-0.15, -0.1) is 0 Å². The molecule has 6 heteroatoms. The van der Waals surface area contributed by atoms with Gasteiger partial charge < -0.3 is 20.0 Å². The average molecular weight is 310 g/mol. The SMILES string of the molecule is O=C(CC1CCCN1)Nc1ccc2nc(-c3ccco3)[nH]c2c1. The second-order valence-electron chi connectivity index (χ2n) is 5.84. The monoisotopic (exact) mass is 310 g/mol. The van der Waals surface area contributed by atoms with Crippen LogP contribution in [0.1, 0.15) is 19.3 Å². The van der Waals surface area contributed by atoms with Gasteiger partial charge >= 0.3 is 0 Å². The van der Waals surface area contributed by atoms with Crippen LogP contribution in [0.5, 0.6) is 0 Å². The number of fused-ring (bicyclic) bond motifs is 1. The summed E-state index contributed by atoms with van der Waals surface area (Å²) < 4.78 is 5.35. The van der Waals surface area contributed by atoms with Crippen molar-refractivity contribution in [1.29, 1.82) is 0 Å². The molecule has 1 aromatic carbocycles. The fourth-order valence-corrected chi connectivity index (χ4v) is 2.98. The molecule has 1 unspecified atom stereocenters. The van der Waals surface area contributed by atoms with Gasteiger partial charge in [-0.25, -0.2) is 4.98 Å². The number of H-pyrrole nitrogens is 1. The summed E-state index contributed by atoms with van der Waals surface area (Å²) in [7, 11) is 0. The van der Waals surface area contributed by atoms with E-state index in [2.05, 4.69) is 20.6 Å². The smallest absolute Gasteiger partial charge is 0.225 e. The van der Waals surface area contributed by atoms with E-state index >= 15 is 0 Å². The van der Waals surface area contributed by atoms with Crippen LogP contribution in [-0.4, -0.2) is 28.5 Å². The summed E-state index contributed by atoms with van der Waals surface area (Å²) in [6.45, 7) is 1.01. The highest BCUT2D eigenvalue weighted by atomic mass is 16.3. The molecule has 0 bridgehead atoms. The van der Waals surface area contributed by atoms with E-state index in [1.54, 1.807) is 6.26 Å². The maximum Gasteiger partial charge on any atom is 0.225 e. The molecule has 118 valence electrons. The molecule has 0 spiro atoms. The fourth-order valence-electron chi connectivity index (χ4n) is 2.98. The zero-order valence-corrected chi connectivity index (χ0v) is 12.6. The van der Waals surface area contributed by atoms with Crippen molar-refractivity contribution in [2.75, 3.05) is 11.9 Å². The molecular formula is C17H18N4O2. The van der Waals surface area contributed by atoms with E-state index < -0.39 is 0 Å². The van der Waals surface area contributed by atoms with Gasteiger partial charge in [-0.3, -0.25) is 4.79 Å². The number of furan rings is 1. The number of anilines is 1. The number of amides is 1. The van der Waals surface area contributed by atoms with E-state index in [0.717, 1.165) is 36.1 Å². The lowest BCUT2D eigenvalue weighted by atomic mass is 10.1. The predicted molar refractivity (Wildman–Crippen MR) is 88.1 cm³/mol. The van der Waals surface area contributed by atoms with Gasteiger partial charge in [-0.2, -0.15) is 0 Å². The topological polar surface area (TPSA) is 82.9 Å². The second kappa shape index (κ2) is 5.89. The fraction of sp³-hybridized carbons (Fsp3) is 0.294. The summed E-state index contributed by atoms with van der Waals surface area (Å²) in [6, 6.07) is 9.64. The third-order valence-electron chi connectivity index (χ3n) is 4.11. The molecule has 23 heavy (non-hydrogen) atoms. The number of carbonyl (C=O) groups is 1. The number of nitrogens with one attached hydrogen (secondary N) is 3. The van der Waals surface area contributed by atoms with Gasteiger partial charge in [0.1, 0.15) is 0 Å². The Morgan fingerprint density at radius 3 is 3.13 bits per heavy atom. The zero-order valence-electron chi connectivity index (χ0n) is 12.6. The largest absolute Gasteiger partial charge is 0.461 e. The molecule has 3 aromatic rings. The van der Waals surface area contributed by atoms with E-state index in [9.17, 15) is 4.79 Å². The molecule has 2 aromatic heterocycles. The lowest BCUT2D eigenvalue weighted by Crippen LogP contribution is -2.27. The minimum absolute atomic E-state index is 0.0366. The summed E-state index contributed by atoms with van der Waals surface area (Å²) >= 11 is 0. The van der Waals surface area contributed by atoms with Crippen LogP contribution in [0.25, 0.3) is 22.6 Å². The standard InChI is InChI=1S/C17H18N4O2/c22-16(10-11-3-1-7-18-11)19-12-5-6-13-14(9-12)21-17(20-13)15-4-2-8-23-15/h2,4-6,8-9,11,18H,1,3,7,10H2,(H,19,22)(H,20,21).